The minimum atomic E-state index is -0.584. The second kappa shape index (κ2) is 5.95. The molecule has 2 rings (SSSR count). The molecule has 0 saturated carbocycles. The third-order valence-corrected chi connectivity index (χ3v) is 3.06. The third kappa shape index (κ3) is 3.39. The lowest BCUT2D eigenvalue weighted by Crippen LogP contribution is -2.13. The Balaban J connectivity index is 2.15. The van der Waals surface area contributed by atoms with E-state index in [1.54, 1.807) is 30.3 Å². The average molecular weight is 324 g/mol. The number of benzene rings is 2. The van der Waals surface area contributed by atoms with Crippen LogP contribution in [0.2, 0.25) is 0 Å². The van der Waals surface area contributed by atoms with Gasteiger partial charge >= 0.3 is 0 Å². The molecule has 0 unspecified atom stereocenters. The van der Waals surface area contributed by atoms with Crippen LogP contribution in [0, 0.1) is 5.82 Å². The first-order chi connectivity index (χ1) is 9.10. The molecule has 0 bridgehead atoms. The second-order valence-corrected chi connectivity index (χ2v) is 4.85. The van der Waals surface area contributed by atoms with Gasteiger partial charge in [0.25, 0.3) is 5.91 Å². The minimum absolute atomic E-state index is 0.0190. The van der Waals surface area contributed by atoms with Crippen molar-refractivity contribution in [3.8, 4) is 0 Å². The predicted octanol–water partition coefficient (Wildman–Crippen LogP) is 3.33. The minimum Gasteiger partial charge on any atom is -0.392 e. The monoisotopic (exact) mass is 323 g/mol. The van der Waals surface area contributed by atoms with Crippen molar-refractivity contribution in [2.45, 2.75) is 6.61 Å². The molecule has 0 radical (unpaired) electrons. The summed E-state index contributed by atoms with van der Waals surface area (Å²) >= 11 is 3.13. The van der Waals surface area contributed by atoms with Gasteiger partial charge in [0.2, 0.25) is 0 Å². The van der Waals surface area contributed by atoms with E-state index in [4.69, 9.17) is 5.11 Å². The molecule has 0 aliphatic carbocycles. The van der Waals surface area contributed by atoms with E-state index in [0.29, 0.717) is 10.2 Å². The number of amides is 1. The van der Waals surface area contributed by atoms with Gasteiger partial charge in [0.15, 0.2) is 0 Å². The van der Waals surface area contributed by atoms with E-state index < -0.39 is 11.7 Å². The number of hydrogen-bond donors (Lipinski definition) is 2. The molecule has 0 heterocycles. The van der Waals surface area contributed by atoms with Gasteiger partial charge in [0.05, 0.1) is 12.2 Å². The fourth-order valence-electron chi connectivity index (χ4n) is 1.57. The van der Waals surface area contributed by atoms with Crippen molar-refractivity contribution in [3.05, 3.63) is 63.9 Å². The average Bonchev–Trinajstić information content (AvgIpc) is 2.39. The fraction of sp³-hybridized carbons (Fsp3) is 0.0714. The van der Waals surface area contributed by atoms with Crippen LogP contribution in [-0.4, -0.2) is 11.0 Å². The van der Waals surface area contributed by atoms with Gasteiger partial charge < -0.3 is 10.4 Å². The van der Waals surface area contributed by atoms with E-state index in [1.807, 2.05) is 0 Å². The molecule has 0 aliphatic rings. The Morgan fingerprint density at radius 2 is 1.89 bits per heavy atom. The largest absolute Gasteiger partial charge is 0.392 e. The highest BCUT2D eigenvalue weighted by Crippen LogP contribution is 2.17. The molecular weight excluding hydrogens is 313 g/mol. The topological polar surface area (TPSA) is 49.3 Å². The summed E-state index contributed by atoms with van der Waals surface area (Å²) in [5.74, 6) is -1.10. The predicted molar refractivity (Wildman–Crippen MR) is 74.4 cm³/mol. The molecule has 0 saturated heterocycles. The molecule has 2 aromatic rings. The molecule has 19 heavy (non-hydrogen) atoms. The number of aliphatic hydroxyl groups is 1. The quantitative estimate of drug-likeness (QED) is 0.910. The van der Waals surface area contributed by atoms with Crippen LogP contribution in [0.1, 0.15) is 15.9 Å². The van der Waals surface area contributed by atoms with Crippen molar-refractivity contribution in [1.82, 2.24) is 0 Å². The van der Waals surface area contributed by atoms with E-state index in [1.165, 1.54) is 12.1 Å². The summed E-state index contributed by atoms with van der Waals surface area (Å²) in [5, 5.41) is 11.5. The molecule has 2 aromatic carbocycles. The SMILES string of the molecule is O=C(Nc1ccc(CO)cc1)c1ccc(Br)cc1F. The molecule has 0 aromatic heterocycles. The van der Waals surface area contributed by atoms with Gasteiger partial charge in [0.1, 0.15) is 5.82 Å². The molecule has 5 heteroatoms. The summed E-state index contributed by atoms with van der Waals surface area (Å²) in [6, 6.07) is 10.9. The van der Waals surface area contributed by atoms with Gasteiger partial charge in [-0.1, -0.05) is 28.1 Å². The number of anilines is 1. The number of nitrogens with one attached hydrogen (secondary N) is 1. The molecule has 2 N–H and O–H groups in total. The number of carbonyl (C=O) groups excluding carboxylic acids is 1. The molecule has 98 valence electrons. The van der Waals surface area contributed by atoms with Crippen LogP contribution in [0.4, 0.5) is 10.1 Å². The van der Waals surface area contributed by atoms with Crippen molar-refractivity contribution in [1.29, 1.82) is 0 Å². The summed E-state index contributed by atoms with van der Waals surface area (Å²) in [6.45, 7) is -0.0600. The van der Waals surface area contributed by atoms with Gasteiger partial charge in [-0.25, -0.2) is 4.39 Å². The summed E-state index contributed by atoms with van der Waals surface area (Å²) in [5.41, 5.74) is 1.27. The lowest BCUT2D eigenvalue weighted by Gasteiger charge is -2.07. The summed E-state index contributed by atoms with van der Waals surface area (Å²) in [7, 11) is 0. The first-order valence-corrected chi connectivity index (χ1v) is 6.35. The van der Waals surface area contributed by atoms with E-state index in [-0.39, 0.29) is 12.2 Å². The van der Waals surface area contributed by atoms with Gasteiger partial charge in [0, 0.05) is 10.2 Å². The van der Waals surface area contributed by atoms with E-state index in [9.17, 15) is 9.18 Å². The van der Waals surface area contributed by atoms with E-state index in [0.717, 1.165) is 5.56 Å². The van der Waals surface area contributed by atoms with Crippen LogP contribution in [0.3, 0.4) is 0 Å². The lowest BCUT2D eigenvalue weighted by molar-refractivity contribution is 0.102. The Bertz CT molecular complexity index is 599. The van der Waals surface area contributed by atoms with Crippen LogP contribution in [0.15, 0.2) is 46.9 Å². The highest BCUT2D eigenvalue weighted by molar-refractivity contribution is 9.10. The van der Waals surface area contributed by atoms with Gasteiger partial charge in [-0.2, -0.15) is 0 Å². The highest BCUT2D eigenvalue weighted by atomic mass is 79.9. The zero-order valence-electron chi connectivity index (χ0n) is 9.86. The van der Waals surface area contributed by atoms with Crippen molar-refractivity contribution in [2.24, 2.45) is 0 Å². The Kier molecular flexibility index (Phi) is 4.29. The number of rotatable bonds is 3. The third-order valence-electron chi connectivity index (χ3n) is 2.57. The van der Waals surface area contributed by atoms with Crippen LogP contribution < -0.4 is 5.32 Å². The van der Waals surface area contributed by atoms with Crippen LogP contribution in [-0.2, 0) is 6.61 Å². The number of aliphatic hydroxyl groups excluding tert-OH is 1. The van der Waals surface area contributed by atoms with Gasteiger partial charge in [-0.3, -0.25) is 4.79 Å². The Morgan fingerprint density at radius 3 is 2.47 bits per heavy atom. The normalized spacial score (nSPS) is 10.3. The van der Waals surface area contributed by atoms with Gasteiger partial charge in [-0.05, 0) is 35.9 Å². The number of halogens is 2. The molecular formula is C14H11BrFNO2. The van der Waals surface area contributed by atoms with Crippen LogP contribution in [0.5, 0.6) is 0 Å². The van der Waals surface area contributed by atoms with Crippen LogP contribution >= 0.6 is 15.9 Å². The maximum atomic E-state index is 13.6. The standard InChI is InChI=1S/C14H11BrFNO2/c15-10-3-6-12(13(16)7-10)14(19)17-11-4-1-9(8-18)2-5-11/h1-7,18H,8H2,(H,17,19). The van der Waals surface area contributed by atoms with Gasteiger partial charge in [-0.15, -0.1) is 0 Å². The summed E-state index contributed by atoms with van der Waals surface area (Å²) < 4.78 is 14.2. The molecule has 3 nitrogen and oxygen atoms in total. The second-order valence-electron chi connectivity index (χ2n) is 3.93. The fourth-order valence-corrected chi connectivity index (χ4v) is 1.90. The molecule has 1 amide bonds. The Hall–Kier alpha value is -1.72. The highest BCUT2D eigenvalue weighted by Gasteiger charge is 2.11. The molecule has 0 fully saturated rings. The first kappa shape index (κ1) is 13.7. The van der Waals surface area contributed by atoms with Crippen molar-refractivity contribution < 1.29 is 14.3 Å². The Morgan fingerprint density at radius 1 is 1.21 bits per heavy atom. The lowest BCUT2D eigenvalue weighted by atomic mass is 10.2. The Labute approximate surface area is 118 Å². The maximum absolute atomic E-state index is 13.6. The number of carbonyl (C=O) groups is 1. The molecule has 0 atom stereocenters. The molecule has 0 aliphatic heterocycles. The molecule has 0 spiro atoms. The maximum Gasteiger partial charge on any atom is 0.258 e. The smallest absolute Gasteiger partial charge is 0.258 e. The number of hydrogen-bond acceptors (Lipinski definition) is 2. The zero-order valence-corrected chi connectivity index (χ0v) is 11.4. The summed E-state index contributed by atoms with van der Waals surface area (Å²) in [6.07, 6.45) is 0. The van der Waals surface area contributed by atoms with Crippen molar-refractivity contribution in [2.75, 3.05) is 5.32 Å². The van der Waals surface area contributed by atoms with E-state index in [2.05, 4.69) is 21.2 Å². The zero-order chi connectivity index (χ0) is 13.8. The first-order valence-electron chi connectivity index (χ1n) is 5.56. The van der Waals surface area contributed by atoms with Crippen molar-refractivity contribution >= 4 is 27.5 Å². The summed E-state index contributed by atoms with van der Waals surface area (Å²) in [4.78, 5) is 11.9. The van der Waals surface area contributed by atoms with Crippen LogP contribution in [0.25, 0.3) is 0 Å². The van der Waals surface area contributed by atoms with E-state index >= 15 is 0 Å². The van der Waals surface area contributed by atoms with Crippen molar-refractivity contribution in [3.63, 3.8) is 0 Å².